The molecule has 1 fully saturated rings. The van der Waals surface area contributed by atoms with Crippen LogP contribution in [0.4, 0.5) is 0 Å². The molecule has 2 heterocycles. The summed E-state index contributed by atoms with van der Waals surface area (Å²) in [7, 11) is 0. The Hall–Kier alpha value is -2.07. The normalized spacial score (nSPS) is 18.0. The Morgan fingerprint density at radius 3 is 2.59 bits per heavy atom. The highest BCUT2D eigenvalue weighted by Gasteiger charge is 2.32. The Bertz CT molecular complexity index is 641. The van der Waals surface area contributed by atoms with Crippen LogP contribution in [-0.4, -0.2) is 18.2 Å². The van der Waals surface area contributed by atoms with Crippen molar-refractivity contribution in [2.75, 3.05) is 13.2 Å². The first-order valence-corrected chi connectivity index (χ1v) is 7.92. The van der Waals surface area contributed by atoms with E-state index in [4.69, 9.17) is 9.47 Å². The molecule has 1 aromatic heterocycles. The quantitative estimate of drug-likeness (QED) is 0.921. The van der Waals surface area contributed by atoms with Crippen LogP contribution in [0.3, 0.4) is 0 Å². The minimum atomic E-state index is 0.379. The maximum atomic E-state index is 5.72. The fourth-order valence-electron chi connectivity index (χ4n) is 2.97. The second-order valence-electron chi connectivity index (χ2n) is 5.95. The van der Waals surface area contributed by atoms with Crippen LogP contribution in [0, 0.1) is 5.92 Å². The lowest BCUT2D eigenvalue weighted by Gasteiger charge is -2.23. The average Bonchev–Trinajstić information content (AvgIpc) is 3.41. The van der Waals surface area contributed by atoms with Crippen molar-refractivity contribution in [3.05, 3.63) is 53.9 Å². The van der Waals surface area contributed by atoms with Gasteiger partial charge in [0.1, 0.15) is 13.2 Å². The van der Waals surface area contributed by atoms with E-state index in [0.29, 0.717) is 19.3 Å². The predicted molar refractivity (Wildman–Crippen MR) is 84.0 cm³/mol. The Labute approximate surface area is 130 Å². The van der Waals surface area contributed by atoms with E-state index in [0.717, 1.165) is 24.0 Å². The summed E-state index contributed by atoms with van der Waals surface area (Å²) in [5.41, 5.74) is 2.55. The topological polar surface area (TPSA) is 43.4 Å². The molecule has 4 nitrogen and oxygen atoms in total. The maximum absolute atomic E-state index is 5.72. The first-order valence-electron chi connectivity index (χ1n) is 7.92. The van der Waals surface area contributed by atoms with Gasteiger partial charge in [-0.25, -0.2) is 0 Å². The predicted octanol–water partition coefficient (Wildman–Crippen LogP) is 3.09. The van der Waals surface area contributed by atoms with Crippen LogP contribution >= 0.6 is 0 Å². The Morgan fingerprint density at radius 2 is 1.82 bits per heavy atom. The van der Waals surface area contributed by atoms with Gasteiger partial charge in [0.25, 0.3) is 0 Å². The van der Waals surface area contributed by atoms with Crippen molar-refractivity contribution >= 4 is 0 Å². The molecule has 1 unspecified atom stereocenters. The van der Waals surface area contributed by atoms with Gasteiger partial charge in [-0.2, -0.15) is 0 Å². The third kappa shape index (κ3) is 2.92. The molecule has 114 valence electrons. The van der Waals surface area contributed by atoms with Crippen LogP contribution in [0.25, 0.3) is 0 Å². The lowest BCUT2D eigenvalue weighted by atomic mass is 10.0. The van der Waals surface area contributed by atoms with Crippen LogP contribution in [0.2, 0.25) is 0 Å². The molecule has 0 radical (unpaired) electrons. The van der Waals surface area contributed by atoms with Gasteiger partial charge in [0.15, 0.2) is 11.5 Å². The number of benzene rings is 1. The molecule has 4 heteroatoms. The number of hydrogen-bond donors (Lipinski definition) is 1. The summed E-state index contributed by atoms with van der Waals surface area (Å²) in [4.78, 5) is 4.07. The lowest BCUT2D eigenvalue weighted by molar-refractivity contribution is 0.171. The summed E-state index contributed by atoms with van der Waals surface area (Å²) in [5, 5.41) is 3.70. The highest BCUT2D eigenvalue weighted by atomic mass is 16.6. The molecule has 1 aliphatic carbocycles. The van der Waals surface area contributed by atoms with E-state index in [1.54, 1.807) is 0 Å². The van der Waals surface area contributed by atoms with Crippen LogP contribution in [0.5, 0.6) is 11.5 Å². The Kier molecular flexibility index (Phi) is 3.69. The molecule has 1 aliphatic heterocycles. The summed E-state index contributed by atoms with van der Waals surface area (Å²) >= 11 is 0. The summed E-state index contributed by atoms with van der Waals surface area (Å²) in [6.07, 6.45) is 6.27. The van der Waals surface area contributed by atoms with Crippen LogP contribution in [0.15, 0.2) is 42.7 Å². The number of ether oxygens (including phenoxy) is 2. The van der Waals surface area contributed by atoms with Crippen molar-refractivity contribution in [2.24, 2.45) is 5.92 Å². The molecule has 1 aromatic carbocycles. The van der Waals surface area contributed by atoms with Crippen molar-refractivity contribution in [3.63, 3.8) is 0 Å². The standard InChI is InChI=1S/C18H20N2O2/c1-2-14(1)18(20-12-13-5-7-19-8-6-13)15-3-4-16-17(11-15)22-10-9-21-16/h3-8,11,14,18,20H,1-2,9-10,12H2. The summed E-state index contributed by atoms with van der Waals surface area (Å²) in [6.45, 7) is 2.13. The molecule has 0 spiro atoms. The number of aromatic nitrogens is 1. The van der Waals surface area contributed by atoms with Gasteiger partial charge in [0.05, 0.1) is 0 Å². The van der Waals surface area contributed by atoms with Crippen molar-refractivity contribution in [1.29, 1.82) is 0 Å². The van der Waals surface area contributed by atoms with Crippen LogP contribution < -0.4 is 14.8 Å². The molecular weight excluding hydrogens is 276 g/mol. The fourth-order valence-corrected chi connectivity index (χ4v) is 2.97. The molecule has 1 atom stereocenters. The lowest BCUT2D eigenvalue weighted by Crippen LogP contribution is -2.23. The van der Waals surface area contributed by atoms with Crippen molar-refractivity contribution in [1.82, 2.24) is 10.3 Å². The molecule has 0 amide bonds. The molecule has 4 rings (SSSR count). The number of fused-ring (bicyclic) bond motifs is 1. The minimum absolute atomic E-state index is 0.379. The summed E-state index contributed by atoms with van der Waals surface area (Å²) in [5.74, 6) is 2.46. The molecule has 2 aromatic rings. The molecule has 22 heavy (non-hydrogen) atoms. The zero-order valence-electron chi connectivity index (χ0n) is 12.5. The van der Waals surface area contributed by atoms with Gasteiger partial charge >= 0.3 is 0 Å². The van der Waals surface area contributed by atoms with Crippen LogP contribution in [0.1, 0.15) is 30.0 Å². The molecule has 1 saturated carbocycles. The zero-order valence-corrected chi connectivity index (χ0v) is 12.5. The zero-order chi connectivity index (χ0) is 14.8. The molecule has 0 saturated heterocycles. The van der Waals surface area contributed by atoms with Gasteiger partial charge in [-0.15, -0.1) is 0 Å². The average molecular weight is 296 g/mol. The highest BCUT2D eigenvalue weighted by Crippen LogP contribution is 2.43. The van der Waals surface area contributed by atoms with E-state index in [1.165, 1.54) is 24.0 Å². The third-order valence-corrected chi connectivity index (χ3v) is 4.29. The fraction of sp³-hybridized carbons (Fsp3) is 0.389. The monoisotopic (exact) mass is 296 g/mol. The number of pyridine rings is 1. The van der Waals surface area contributed by atoms with Gasteiger partial charge < -0.3 is 14.8 Å². The molecule has 1 N–H and O–H groups in total. The van der Waals surface area contributed by atoms with E-state index >= 15 is 0 Å². The molecular formula is C18H20N2O2. The van der Waals surface area contributed by atoms with E-state index in [-0.39, 0.29) is 0 Å². The number of nitrogens with one attached hydrogen (secondary N) is 1. The van der Waals surface area contributed by atoms with Gasteiger partial charge in [0, 0.05) is 25.0 Å². The van der Waals surface area contributed by atoms with Gasteiger partial charge in [-0.05, 0) is 54.2 Å². The van der Waals surface area contributed by atoms with Crippen molar-refractivity contribution in [3.8, 4) is 11.5 Å². The number of hydrogen-bond acceptors (Lipinski definition) is 4. The Morgan fingerprint density at radius 1 is 1.05 bits per heavy atom. The van der Waals surface area contributed by atoms with E-state index in [2.05, 4.69) is 34.6 Å². The molecule has 0 bridgehead atoms. The van der Waals surface area contributed by atoms with E-state index < -0.39 is 0 Å². The largest absolute Gasteiger partial charge is 0.486 e. The smallest absolute Gasteiger partial charge is 0.161 e. The maximum Gasteiger partial charge on any atom is 0.161 e. The van der Waals surface area contributed by atoms with Crippen molar-refractivity contribution < 1.29 is 9.47 Å². The first kappa shape index (κ1) is 13.6. The second kappa shape index (κ2) is 5.97. The second-order valence-corrected chi connectivity index (χ2v) is 5.95. The third-order valence-electron chi connectivity index (χ3n) is 4.29. The van der Waals surface area contributed by atoms with E-state index in [9.17, 15) is 0 Å². The Balaban J connectivity index is 1.52. The van der Waals surface area contributed by atoms with Crippen molar-refractivity contribution in [2.45, 2.75) is 25.4 Å². The number of nitrogens with zero attached hydrogens (tertiary/aromatic N) is 1. The van der Waals surface area contributed by atoms with E-state index in [1.807, 2.05) is 18.5 Å². The van der Waals surface area contributed by atoms with Gasteiger partial charge in [-0.3, -0.25) is 4.98 Å². The highest BCUT2D eigenvalue weighted by molar-refractivity contribution is 5.45. The minimum Gasteiger partial charge on any atom is -0.486 e. The number of rotatable bonds is 5. The first-order chi connectivity index (χ1) is 10.9. The summed E-state index contributed by atoms with van der Waals surface area (Å²) in [6, 6.07) is 10.8. The summed E-state index contributed by atoms with van der Waals surface area (Å²) < 4.78 is 11.3. The SMILES string of the molecule is c1cc(CNC(c2ccc3c(c2)OCCO3)C2CC2)ccn1. The van der Waals surface area contributed by atoms with Gasteiger partial charge in [-0.1, -0.05) is 6.07 Å². The molecule has 2 aliphatic rings. The van der Waals surface area contributed by atoms with Crippen LogP contribution in [-0.2, 0) is 6.54 Å². The van der Waals surface area contributed by atoms with Gasteiger partial charge in [0.2, 0.25) is 0 Å².